The minimum absolute atomic E-state index is 0.0155. The molecular weight excluding hydrogens is 445 g/mol. The first-order valence-corrected chi connectivity index (χ1v) is 12.7. The molecule has 2 N–H and O–H groups in total. The van der Waals surface area contributed by atoms with Crippen LogP contribution in [-0.2, 0) is 14.8 Å². The summed E-state index contributed by atoms with van der Waals surface area (Å²) in [5, 5.41) is 6.06. The Balaban J connectivity index is 1.31. The molecule has 1 atom stereocenters. The second kappa shape index (κ2) is 10.0. The van der Waals surface area contributed by atoms with Crippen molar-refractivity contribution in [3.05, 3.63) is 66.0 Å². The van der Waals surface area contributed by atoms with E-state index in [-0.39, 0.29) is 35.3 Å². The molecule has 1 aliphatic carbocycles. The number of nitrogens with one attached hydrogen (secondary N) is 2. The molecule has 9 heteroatoms. The second-order valence-electron chi connectivity index (χ2n) is 8.62. The minimum atomic E-state index is -3.88. The maximum absolute atomic E-state index is 13.2. The Morgan fingerprint density at radius 3 is 2.09 bits per heavy atom. The maximum Gasteiger partial charge on any atom is 0.251 e. The van der Waals surface area contributed by atoms with Gasteiger partial charge in [0.15, 0.2) is 0 Å². The highest BCUT2D eigenvalue weighted by atomic mass is 32.2. The Morgan fingerprint density at radius 1 is 0.848 bits per heavy atom. The van der Waals surface area contributed by atoms with Gasteiger partial charge in [-0.15, -0.1) is 0 Å². The van der Waals surface area contributed by atoms with Crippen molar-refractivity contribution in [1.29, 1.82) is 0 Å². The molecular formula is C24H28FN3O4S. The van der Waals surface area contributed by atoms with Crippen molar-refractivity contribution in [2.75, 3.05) is 6.54 Å². The van der Waals surface area contributed by atoms with Crippen LogP contribution in [0.5, 0.6) is 0 Å². The molecule has 2 aromatic carbocycles. The number of amides is 2. The Labute approximate surface area is 193 Å². The molecule has 7 nitrogen and oxygen atoms in total. The molecule has 2 fully saturated rings. The molecule has 1 heterocycles. The van der Waals surface area contributed by atoms with Gasteiger partial charge in [0.2, 0.25) is 15.9 Å². The highest BCUT2D eigenvalue weighted by Gasteiger charge is 2.40. The van der Waals surface area contributed by atoms with E-state index in [1.807, 2.05) is 18.2 Å². The lowest BCUT2D eigenvalue weighted by Crippen LogP contribution is -2.50. The van der Waals surface area contributed by atoms with Gasteiger partial charge in [0.05, 0.1) is 4.90 Å². The average molecular weight is 474 g/mol. The fourth-order valence-electron chi connectivity index (χ4n) is 4.57. The number of hydrogen-bond donors (Lipinski definition) is 2. The lowest BCUT2D eigenvalue weighted by Gasteiger charge is -2.31. The molecule has 0 unspecified atom stereocenters. The topological polar surface area (TPSA) is 95.6 Å². The zero-order chi connectivity index (χ0) is 23.4. The Hall–Kier alpha value is -2.78. The lowest BCUT2D eigenvalue weighted by atomic mass is 9.90. The summed E-state index contributed by atoms with van der Waals surface area (Å²) < 4.78 is 40.4. The maximum atomic E-state index is 13.2. The van der Waals surface area contributed by atoms with E-state index >= 15 is 0 Å². The van der Waals surface area contributed by atoms with Gasteiger partial charge in [-0.05, 0) is 74.9 Å². The molecule has 33 heavy (non-hydrogen) atoms. The van der Waals surface area contributed by atoms with Crippen molar-refractivity contribution in [3.8, 4) is 0 Å². The lowest BCUT2D eigenvalue weighted by molar-refractivity contribution is -0.125. The third-order valence-corrected chi connectivity index (χ3v) is 8.29. The number of carbonyl (C=O) groups excluding carboxylic acids is 2. The van der Waals surface area contributed by atoms with E-state index in [9.17, 15) is 22.4 Å². The molecule has 0 spiro atoms. The molecule has 1 aliphatic heterocycles. The third kappa shape index (κ3) is 5.42. The second-order valence-corrected chi connectivity index (χ2v) is 10.5. The van der Waals surface area contributed by atoms with Gasteiger partial charge >= 0.3 is 0 Å². The Kier molecular flexibility index (Phi) is 7.09. The summed E-state index contributed by atoms with van der Waals surface area (Å²) >= 11 is 0. The molecule has 0 aromatic heterocycles. The smallest absolute Gasteiger partial charge is 0.251 e. The van der Waals surface area contributed by atoms with Crippen LogP contribution in [0.25, 0.3) is 0 Å². The van der Waals surface area contributed by atoms with Crippen LogP contribution in [0.1, 0.15) is 48.9 Å². The summed E-state index contributed by atoms with van der Waals surface area (Å²) in [6.45, 7) is 0.260. The highest BCUT2D eigenvalue weighted by molar-refractivity contribution is 7.89. The number of sulfonamides is 1. The standard InChI is InChI=1S/C24H28FN3O4S/c25-18-8-14-21(15-9-18)33(31,32)28-16-4-7-22(28)24(30)27-20-12-10-19(11-13-20)26-23(29)17-5-2-1-3-6-17/h1-3,5-6,8-9,14-15,19-20,22H,4,7,10-13,16H2,(H,26,29)(H,27,30)/t19?,20?,22-/m1/s1. The molecule has 1 saturated carbocycles. The van der Waals surface area contributed by atoms with Crippen molar-refractivity contribution in [2.45, 2.75) is 61.5 Å². The molecule has 2 aromatic rings. The van der Waals surface area contributed by atoms with Gasteiger partial charge < -0.3 is 10.6 Å². The van der Waals surface area contributed by atoms with E-state index < -0.39 is 21.9 Å². The third-order valence-electron chi connectivity index (χ3n) is 6.37. The summed E-state index contributed by atoms with van der Waals surface area (Å²) in [6.07, 6.45) is 3.95. The zero-order valence-electron chi connectivity index (χ0n) is 18.2. The summed E-state index contributed by atoms with van der Waals surface area (Å²) in [7, 11) is -3.88. The van der Waals surface area contributed by atoms with Crippen LogP contribution in [0.15, 0.2) is 59.5 Å². The van der Waals surface area contributed by atoms with Crippen LogP contribution in [0.2, 0.25) is 0 Å². The Bertz CT molecular complexity index is 1080. The summed E-state index contributed by atoms with van der Waals surface area (Å²) in [4.78, 5) is 25.3. The Morgan fingerprint density at radius 2 is 1.45 bits per heavy atom. The van der Waals surface area contributed by atoms with Gasteiger partial charge in [0, 0.05) is 24.2 Å². The predicted octanol–water partition coefficient (Wildman–Crippen LogP) is 2.84. The first kappa shape index (κ1) is 23.4. The number of benzene rings is 2. The number of rotatable bonds is 6. The fourth-order valence-corrected chi connectivity index (χ4v) is 6.23. The van der Waals surface area contributed by atoms with E-state index in [0.29, 0.717) is 31.2 Å². The quantitative estimate of drug-likeness (QED) is 0.675. The molecule has 2 amide bonds. The normalized spacial score (nSPS) is 23.7. The highest BCUT2D eigenvalue weighted by Crippen LogP contribution is 2.27. The first-order chi connectivity index (χ1) is 15.8. The van der Waals surface area contributed by atoms with Crippen molar-refractivity contribution in [1.82, 2.24) is 14.9 Å². The van der Waals surface area contributed by atoms with Crippen molar-refractivity contribution in [2.24, 2.45) is 0 Å². The van der Waals surface area contributed by atoms with Crippen LogP contribution in [0, 0.1) is 5.82 Å². The van der Waals surface area contributed by atoms with Gasteiger partial charge in [-0.2, -0.15) is 4.31 Å². The SMILES string of the molecule is O=C(NC1CCC(NC(=O)[C@H]2CCCN2S(=O)(=O)c2ccc(F)cc2)CC1)c1ccccc1. The summed E-state index contributed by atoms with van der Waals surface area (Å²) in [5.74, 6) is -0.911. The molecule has 4 rings (SSSR count). The zero-order valence-corrected chi connectivity index (χ0v) is 19.1. The van der Waals surface area contributed by atoms with E-state index in [1.54, 1.807) is 12.1 Å². The van der Waals surface area contributed by atoms with Crippen molar-refractivity contribution >= 4 is 21.8 Å². The van der Waals surface area contributed by atoms with E-state index in [4.69, 9.17) is 0 Å². The fraction of sp³-hybridized carbons (Fsp3) is 0.417. The van der Waals surface area contributed by atoms with Gasteiger partial charge in [0.1, 0.15) is 11.9 Å². The van der Waals surface area contributed by atoms with Gasteiger partial charge in [-0.3, -0.25) is 9.59 Å². The largest absolute Gasteiger partial charge is 0.352 e. The van der Waals surface area contributed by atoms with E-state index in [0.717, 1.165) is 25.0 Å². The predicted molar refractivity (Wildman–Crippen MR) is 121 cm³/mol. The monoisotopic (exact) mass is 473 g/mol. The number of nitrogens with zero attached hydrogens (tertiary/aromatic N) is 1. The van der Waals surface area contributed by atoms with Crippen LogP contribution < -0.4 is 10.6 Å². The molecule has 176 valence electrons. The van der Waals surface area contributed by atoms with Gasteiger partial charge in [-0.25, -0.2) is 12.8 Å². The van der Waals surface area contributed by atoms with Crippen molar-refractivity contribution < 1.29 is 22.4 Å². The summed E-state index contributed by atoms with van der Waals surface area (Å²) in [6, 6.07) is 12.9. The minimum Gasteiger partial charge on any atom is -0.352 e. The number of carbonyl (C=O) groups is 2. The van der Waals surface area contributed by atoms with E-state index in [2.05, 4.69) is 10.6 Å². The van der Waals surface area contributed by atoms with Crippen LogP contribution >= 0.6 is 0 Å². The van der Waals surface area contributed by atoms with Crippen LogP contribution in [-0.4, -0.2) is 49.2 Å². The average Bonchev–Trinajstić information content (AvgIpc) is 3.32. The van der Waals surface area contributed by atoms with E-state index in [1.165, 1.54) is 16.4 Å². The first-order valence-electron chi connectivity index (χ1n) is 11.3. The molecule has 2 aliphatic rings. The molecule has 0 bridgehead atoms. The van der Waals surface area contributed by atoms with Crippen LogP contribution in [0.3, 0.4) is 0 Å². The number of hydrogen-bond acceptors (Lipinski definition) is 4. The molecule has 0 radical (unpaired) electrons. The number of halogens is 1. The van der Waals surface area contributed by atoms with Crippen molar-refractivity contribution in [3.63, 3.8) is 0 Å². The summed E-state index contributed by atoms with van der Waals surface area (Å²) in [5.41, 5.74) is 0.622. The van der Waals surface area contributed by atoms with Gasteiger partial charge in [-0.1, -0.05) is 18.2 Å². The van der Waals surface area contributed by atoms with Crippen LogP contribution in [0.4, 0.5) is 4.39 Å². The van der Waals surface area contributed by atoms with Gasteiger partial charge in [0.25, 0.3) is 5.91 Å². The molecule has 1 saturated heterocycles.